The van der Waals surface area contributed by atoms with Crippen LogP contribution in [0.1, 0.15) is 48.9 Å². The summed E-state index contributed by atoms with van der Waals surface area (Å²) in [6.45, 7) is 3.66. The van der Waals surface area contributed by atoms with E-state index in [-0.39, 0.29) is 12.2 Å². The Bertz CT molecular complexity index is 642. The average Bonchev–Trinajstić information content (AvgIpc) is 2.57. The quantitative estimate of drug-likeness (QED) is 0.703. The molecular formula is C22H28O2. The van der Waals surface area contributed by atoms with Crippen LogP contribution in [0.5, 0.6) is 0 Å². The minimum absolute atomic E-state index is 0.293. The molecular weight excluding hydrogens is 296 g/mol. The Morgan fingerprint density at radius 1 is 0.792 bits per heavy atom. The number of aliphatic hydroxyl groups excluding tert-OH is 2. The van der Waals surface area contributed by atoms with E-state index in [9.17, 15) is 10.2 Å². The molecule has 0 radical (unpaired) electrons. The number of aliphatic hydroxyl groups is 2. The summed E-state index contributed by atoms with van der Waals surface area (Å²) in [4.78, 5) is 0. The number of aryl methyl sites for hydroxylation is 1. The van der Waals surface area contributed by atoms with Gasteiger partial charge in [-0.25, -0.2) is 0 Å². The van der Waals surface area contributed by atoms with Crippen LogP contribution in [-0.4, -0.2) is 22.4 Å². The third kappa shape index (κ3) is 5.95. The summed E-state index contributed by atoms with van der Waals surface area (Å²) < 4.78 is 0. The zero-order valence-electron chi connectivity index (χ0n) is 14.7. The Kier molecular flexibility index (Phi) is 7.23. The molecule has 2 rings (SSSR count). The third-order valence-corrected chi connectivity index (χ3v) is 4.21. The molecule has 0 aliphatic rings. The first-order valence-electron chi connectivity index (χ1n) is 8.76. The van der Waals surface area contributed by atoms with Crippen molar-refractivity contribution in [2.24, 2.45) is 0 Å². The summed E-state index contributed by atoms with van der Waals surface area (Å²) in [6, 6.07) is 16.6. The highest BCUT2D eigenvalue weighted by molar-refractivity contribution is 5.71. The average molecular weight is 324 g/mol. The number of benzene rings is 2. The molecule has 128 valence electrons. The van der Waals surface area contributed by atoms with Crippen molar-refractivity contribution in [2.75, 3.05) is 0 Å². The predicted octanol–water partition coefficient (Wildman–Crippen LogP) is 4.48. The minimum Gasteiger partial charge on any atom is -0.393 e. The summed E-state index contributed by atoms with van der Waals surface area (Å²) in [5.41, 5.74) is 4.92. The van der Waals surface area contributed by atoms with Gasteiger partial charge in [0.15, 0.2) is 0 Å². The molecule has 2 aromatic rings. The predicted molar refractivity (Wildman–Crippen MR) is 102 cm³/mol. The van der Waals surface area contributed by atoms with E-state index in [1.54, 1.807) is 0 Å². The van der Waals surface area contributed by atoms with E-state index in [1.165, 1.54) is 22.3 Å². The van der Waals surface area contributed by atoms with E-state index < -0.39 is 0 Å². The lowest BCUT2D eigenvalue weighted by Gasteiger charge is -2.15. The highest BCUT2D eigenvalue weighted by Crippen LogP contribution is 2.22. The third-order valence-electron chi connectivity index (χ3n) is 4.21. The summed E-state index contributed by atoms with van der Waals surface area (Å²) in [7, 11) is 0. The fourth-order valence-electron chi connectivity index (χ4n) is 2.82. The largest absolute Gasteiger partial charge is 0.393 e. The van der Waals surface area contributed by atoms with Crippen molar-refractivity contribution in [3.8, 4) is 0 Å². The Labute approximate surface area is 145 Å². The van der Waals surface area contributed by atoms with Crippen LogP contribution in [0.3, 0.4) is 0 Å². The molecule has 0 fully saturated rings. The molecule has 0 bridgehead atoms. The zero-order valence-corrected chi connectivity index (χ0v) is 14.7. The minimum atomic E-state index is -0.305. The molecule has 0 aromatic heterocycles. The maximum absolute atomic E-state index is 9.66. The Hall–Kier alpha value is -1.90. The molecule has 0 saturated heterocycles. The van der Waals surface area contributed by atoms with Gasteiger partial charge < -0.3 is 10.2 Å². The second kappa shape index (κ2) is 9.41. The summed E-state index contributed by atoms with van der Waals surface area (Å²) in [5.74, 6) is 0. The molecule has 0 heterocycles. The molecule has 2 N–H and O–H groups in total. The lowest BCUT2D eigenvalue weighted by Crippen LogP contribution is -2.07. The maximum Gasteiger partial charge on any atom is 0.0515 e. The van der Waals surface area contributed by atoms with Crippen LogP contribution in [0.15, 0.2) is 48.5 Å². The highest BCUT2D eigenvalue weighted by atomic mass is 16.3. The van der Waals surface area contributed by atoms with Crippen LogP contribution in [0.2, 0.25) is 0 Å². The van der Waals surface area contributed by atoms with Crippen LogP contribution in [0, 0.1) is 0 Å². The van der Waals surface area contributed by atoms with Gasteiger partial charge in [0, 0.05) is 0 Å². The van der Waals surface area contributed by atoms with Crippen LogP contribution in [0.25, 0.3) is 12.2 Å². The van der Waals surface area contributed by atoms with E-state index in [2.05, 4.69) is 42.5 Å². The second-order valence-electron chi connectivity index (χ2n) is 6.50. The van der Waals surface area contributed by atoms with E-state index >= 15 is 0 Å². The second-order valence-corrected chi connectivity index (χ2v) is 6.50. The molecule has 2 nitrogen and oxygen atoms in total. The molecule has 0 aliphatic carbocycles. The van der Waals surface area contributed by atoms with Gasteiger partial charge in [0.1, 0.15) is 0 Å². The standard InChI is InChI=1S/C22H28O2/c1-17(23)11-14-20-9-6-10-21(22(20)16-12-18(2)24)15-13-19-7-4-3-5-8-19/h3-10,13,15,17-18,23-24H,11-12,14,16H2,1-2H3/b15-13+. The van der Waals surface area contributed by atoms with Gasteiger partial charge in [0.2, 0.25) is 0 Å². The molecule has 0 spiro atoms. The molecule has 2 atom stereocenters. The molecule has 0 amide bonds. The lowest BCUT2D eigenvalue weighted by atomic mass is 9.92. The first-order valence-corrected chi connectivity index (χ1v) is 8.76. The topological polar surface area (TPSA) is 40.5 Å². The van der Waals surface area contributed by atoms with Crippen LogP contribution in [0.4, 0.5) is 0 Å². The highest BCUT2D eigenvalue weighted by Gasteiger charge is 2.09. The van der Waals surface area contributed by atoms with Crippen molar-refractivity contribution in [3.05, 3.63) is 70.8 Å². The molecule has 0 aliphatic heterocycles. The van der Waals surface area contributed by atoms with Crippen LogP contribution >= 0.6 is 0 Å². The zero-order chi connectivity index (χ0) is 17.4. The van der Waals surface area contributed by atoms with Crippen LogP contribution in [-0.2, 0) is 12.8 Å². The maximum atomic E-state index is 9.66. The number of rotatable bonds is 8. The lowest BCUT2D eigenvalue weighted by molar-refractivity contribution is 0.182. The number of hydrogen-bond donors (Lipinski definition) is 2. The summed E-state index contributed by atoms with van der Waals surface area (Å²) in [5, 5.41) is 19.3. The van der Waals surface area contributed by atoms with Gasteiger partial charge in [-0.05, 0) is 61.8 Å². The fraction of sp³-hybridized carbons (Fsp3) is 0.364. The van der Waals surface area contributed by atoms with Gasteiger partial charge in [0.25, 0.3) is 0 Å². The van der Waals surface area contributed by atoms with E-state index in [0.29, 0.717) is 0 Å². The molecule has 2 aromatic carbocycles. The Balaban J connectivity index is 2.27. The fourth-order valence-corrected chi connectivity index (χ4v) is 2.82. The molecule has 24 heavy (non-hydrogen) atoms. The Morgan fingerprint density at radius 2 is 1.46 bits per heavy atom. The van der Waals surface area contributed by atoms with Crippen molar-refractivity contribution >= 4 is 12.2 Å². The Morgan fingerprint density at radius 3 is 2.12 bits per heavy atom. The van der Waals surface area contributed by atoms with E-state index in [1.807, 2.05) is 32.0 Å². The van der Waals surface area contributed by atoms with Gasteiger partial charge in [0.05, 0.1) is 12.2 Å². The molecule has 0 saturated carbocycles. The van der Waals surface area contributed by atoms with E-state index in [4.69, 9.17) is 0 Å². The summed E-state index contributed by atoms with van der Waals surface area (Å²) >= 11 is 0. The molecule has 2 unspecified atom stereocenters. The summed E-state index contributed by atoms with van der Waals surface area (Å²) in [6.07, 6.45) is 6.89. The van der Waals surface area contributed by atoms with Crippen molar-refractivity contribution in [2.45, 2.75) is 51.7 Å². The van der Waals surface area contributed by atoms with Crippen molar-refractivity contribution in [1.82, 2.24) is 0 Å². The van der Waals surface area contributed by atoms with Gasteiger partial charge in [-0.1, -0.05) is 60.7 Å². The van der Waals surface area contributed by atoms with E-state index in [0.717, 1.165) is 25.7 Å². The van der Waals surface area contributed by atoms with Crippen molar-refractivity contribution in [1.29, 1.82) is 0 Å². The van der Waals surface area contributed by atoms with Gasteiger partial charge in [-0.15, -0.1) is 0 Å². The van der Waals surface area contributed by atoms with Gasteiger partial charge in [-0.2, -0.15) is 0 Å². The first-order chi connectivity index (χ1) is 11.6. The number of hydrogen-bond acceptors (Lipinski definition) is 2. The van der Waals surface area contributed by atoms with Crippen molar-refractivity contribution < 1.29 is 10.2 Å². The van der Waals surface area contributed by atoms with Crippen LogP contribution < -0.4 is 0 Å². The van der Waals surface area contributed by atoms with Gasteiger partial charge in [-0.3, -0.25) is 0 Å². The smallest absolute Gasteiger partial charge is 0.0515 e. The monoisotopic (exact) mass is 324 g/mol. The van der Waals surface area contributed by atoms with Crippen molar-refractivity contribution in [3.63, 3.8) is 0 Å². The first kappa shape index (κ1) is 18.4. The SMILES string of the molecule is CC(O)CCc1cccc(/C=C/c2ccccc2)c1CCC(C)O. The van der Waals surface area contributed by atoms with Gasteiger partial charge >= 0.3 is 0 Å². The normalized spacial score (nSPS) is 14.0. The molecule has 2 heteroatoms.